The average Bonchev–Trinajstić information content (AvgIpc) is 3.10. The fraction of sp³-hybridized carbons (Fsp3) is 0.306. The molecular formula is C36H39FNO8P. The van der Waals surface area contributed by atoms with E-state index in [-0.39, 0.29) is 33.0 Å². The van der Waals surface area contributed by atoms with Crippen molar-refractivity contribution in [3.63, 3.8) is 0 Å². The maximum absolute atomic E-state index is 16.3. The number of hydrogen-bond acceptors (Lipinski definition) is 8. The molecule has 1 heterocycles. The molecule has 1 saturated heterocycles. The highest BCUT2D eigenvalue weighted by molar-refractivity contribution is 7.48. The Hall–Kier alpha value is -3.73. The number of alkyl halides is 1. The third-order valence-corrected chi connectivity index (χ3v) is 8.73. The number of carbonyl (C=O) groups excluding carboxylic acids is 1. The monoisotopic (exact) mass is 663 g/mol. The lowest BCUT2D eigenvalue weighted by Gasteiger charge is -2.43. The molecule has 0 bridgehead atoms. The van der Waals surface area contributed by atoms with E-state index >= 15 is 4.39 Å². The van der Waals surface area contributed by atoms with Gasteiger partial charge >= 0.3 is 7.82 Å². The van der Waals surface area contributed by atoms with Crippen molar-refractivity contribution in [2.24, 2.45) is 0 Å². The molecule has 0 saturated carbocycles. The predicted octanol–water partition coefficient (Wildman–Crippen LogP) is 6.91. The van der Waals surface area contributed by atoms with Crippen molar-refractivity contribution in [2.75, 3.05) is 6.61 Å². The van der Waals surface area contributed by atoms with Gasteiger partial charge in [-0.3, -0.25) is 18.4 Å². The second-order valence-corrected chi connectivity index (χ2v) is 12.7. The Labute approximate surface area is 274 Å². The van der Waals surface area contributed by atoms with Crippen LogP contribution >= 0.6 is 7.82 Å². The van der Waals surface area contributed by atoms with Gasteiger partial charge in [-0.05, 0) is 22.3 Å². The molecule has 11 heteroatoms. The molecule has 5 atom stereocenters. The Morgan fingerprint density at radius 1 is 0.723 bits per heavy atom. The van der Waals surface area contributed by atoms with E-state index in [1.54, 1.807) is 24.3 Å². The highest BCUT2D eigenvalue weighted by atomic mass is 31.2. The van der Waals surface area contributed by atoms with Gasteiger partial charge in [-0.15, -0.1) is 0 Å². The molecule has 1 aliphatic rings. The number of benzene rings is 4. The molecule has 0 unspecified atom stereocenters. The molecule has 5 rings (SSSR count). The summed E-state index contributed by atoms with van der Waals surface area (Å²) in [5, 5.41) is 2.69. The standard InChI is InChI=1S/C36H39FNO8P/c1-27(39)38-34-35(42-23-29-16-8-3-9-17-29)33(37)32(26-41-22-28-14-6-2-7-15-28)45-36(34)46-47(40,43-24-30-18-10-4-11-19-30)44-25-31-20-12-5-13-21-31/h2-21,32-36H,22-26H2,1H3,(H,38,39)/t32-,33+,34-,35+,36-/m1/s1. The van der Waals surface area contributed by atoms with E-state index in [1.165, 1.54) is 6.92 Å². The van der Waals surface area contributed by atoms with Gasteiger partial charge in [-0.1, -0.05) is 121 Å². The second-order valence-electron chi connectivity index (χ2n) is 11.0. The van der Waals surface area contributed by atoms with Crippen molar-refractivity contribution < 1.29 is 41.5 Å². The van der Waals surface area contributed by atoms with E-state index in [2.05, 4.69) is 5.32 Å². The van der Waals surface area contributed by atoms with E-state index < -0.39 is 44.4 Å². The number of amides is 1. The minimum Gasteiger partial charge on any atom is -0.374 e. The molecule has 1 fully saturated rings. The van der Waals surface area contributed by atoms with Crippen molar-refractivity contribution >= 4 is 13.7 Å². The van der Waals surface area contributed by atoms with Gasteiger partial charge in [0.1, 0.15) is 18.2 Å². The molecule has 0 aliphatic carbocycles. The lowest BCUT2D eigenvalue weighted by molar-refractivity contribution is -0.249. The van der Waals surface area contributed by atoms with Gasteiger partial charge in [0.2, 0.25) is 5.91 Å². The maximum atomic E-state index is 16.3. The zero-order valence-electron chi connectivity index (χ0n) is 26.1. The number of phosphoric ester groups is 1. The first kappa shape index (κ1) is 34.6. The third-order valence-electron chi connectivity index (χ3n) is 7.37. The normalized spacial score (nSPS) is 21.3. The average molecular weight is 664 g/mol. The minimum atomic E-state index is -4.42. The number of halogens is 1. The Morgan fingerprint density at radius 3 is 1.64 bits per heavy atom. The van der Waals surface area contributed by atoms with Crippen LogP contribution in [0.2, 0.25) is 0 Å². The molecule has 0 spiro atoms. The summed E-state index contributed by atoms with van der Waals surface area (Å²) in [5.41, 5.74) is 3.14. The van der Waals surface area contributed by atoms with E-state index in [9.17, 15) is 9.36 Å². The Kier molecular flexibility index (Phi) is 12.8. The van der Waals surface area contributed by atoms with Gasteiger partial charge in [-0.25, -0.2) is 8.96 Å². The number of hydrogen-bond donors (Lipinski definition) is 1. The smallest absolute Gasteiger partial charge is 0.374 e. The fourth-order valence-corrected chi connectivity index (χ4v) is 6.26. The zero-order chi connectivity index (χ0) is 32.9. The Bertz CT molecular complexity index is 1500. The molecule has 9 nitrogen and oxygen atoms in total. The van der Waals surface area contributed by atoms with Crippen molar-refractivity contribution in [3.8, 4) is 0 Å². The van der Waals surface area contributed by atoms with Crippen LogP contribution in [-0.2, 0) is 63.6 Å². The highest BCUT2D eigenvalue weighted by Crippen LogP contribution is 2.53. The van der Waals surface area contributed by atoms with Gasteiger partial charge in [0.05, 0.1) is 33.0 Å². The zero-order valence-corrected chi connectivity index (χ0v) is 27.0. The third kappa shape index (κ3) is 10.6. The first-order valence-electron chi connectivity index (χ1n) is 15.4. The topological polar surface area (TPSA) is 102 Å². The van der Waals surface area contributed by atoms with E-state index in [0.29, 0.717) is 0 Å². The van der Waals surface area contributed by atoms with Gasteiger partial charge < -0.3 is 19.5 Å². The SMILES string of the molecule is CC(=O)N[C@H]1[C@@H](OP(=O)(OCc2ccccc2)OCc2ccccc2)O[C@H](COCc2ccccc2)[C@H](F)[C@@H]1OCc1ccccc1. The van der Waals surface area contributed by atoms with Crippen LogP contribution in [0, 0.1) is 0 Å². The summed E-state index contributed by atoms with van der Waals surface area (Å²) in [4.78, 5) is 12.4. The van der Waals surface area contributed by atoms with E-state index in [1.807, 2.05) is 97.1 Å². The summed E-state index contributed by atoms with van der Waals surface area (Å²) in [6.07, 6.45) is -5.71. The Balaban J connectivity index is 1.40. The summed E-state index contributed by atoms with van der Waals surface area (Å²) in [5.74, 6) is -0.489. The highest BCUT2D eigenvalue weighted by Gasteiger charge is 2.51. The minimum absolute atomic E-state index is 0.0407. The number of carbonyl (C=O) groups is 1. The molecule has 0 radical (unpaired) electrons. The van der Waals surface area contributed by atoms with Gasteiger partial charge in [0.25, 0.3) is 0 Å². The van der Waals surface area contributed by atoms with Gasteiger partial charge in [-0.2, -0.15) is 0 Å². The summed E-state index contributed by atoms with van der Waals surface area (Å²) < 4.78 is 66.3. The largest absolute Gasteiger partial charge is 0.477 e. The quantitative estimate of drug-likeness (QED) is 0.129. The van der Waals surface area contributed by atoms with Crippen LogP contribution in [0.25, 0.3) is 0 Å². The molecular weight excluding hydrogens is 624 g/mol. The number of rotatable bonds is 16. The maximum Gasteiger partial charge on any atom is 0.477 e. The predicted molar refractivity (Wildman–Crippen MR) is 173 cm³/mol. The van der Waals surface area contributed by atoms with Gasteiger partial charge in [0, 0.05) is 6.92 Å². The first-order valence-corrected chi connectivity index (χ1v) is 16.8. The first-order chi connectivity index (χ1) is 22.9. The fourth-order valence-electron chi connectivity index (χ4n) is 5.01. The summed E-state index contributed by atoms with van der Waals surface area (Å²) >= 11 is 0. The number of phosphoric acid groups is 1. The summed E-state index contributed by atoms with van der Waals surface area (Å²) in [7, 11) is -4.42. The van der Waals surface area contributed by atoms with Crippen LogP contribution in [0.15, 0.2) is 121 Å². The summed E-state index contributed by atoms with van der Waals surface area (Å²) in [6.45, 7) is 1.15. The van der Waals surface area contributed by atoms with Crippen LogP contribution in [-0.4, -0.2) is 43.2 Å². The molecule has 4 aromatic rings. The Morgan fingerprint density at radius 2 is 1.17 bits per heavy atom. The van der Waals surface area contributed by atoms with Crippen LogP contribution in [0.4, 0.5) is 4.39 Å². The molecule has 0 aromatic heterocycles. The lowest BCUT2D eigenvalue weighted by atomic mass is 9.97. The van der Waals surface area contributed by atoms with Crippen molar-refractivity contribution in [1.82, 2.24) is 5.32 Å². The van der Waals surface area contributed by atoms with Crippen LogP contribution < -0.4 is 5.32 Å². The van der Waals surface area contributed by atoms with Crippen molar-refractivity contribution in [1.29, 1.82) is 0 Å². The molecule has 1 N–H and O–H groups in total. The lowest BCUT2D eigenvalue weighted by Crippen LogP contribution is -2.64. The van der Waals surface area contributed by atoms with Crippen LogP contribution in [0.5, 0.6) is 0 Å². The molecule has 248 valence electrons. The van der Waals surface area contributed by atoms with Crippen molar-refractivity contribution in [2.45, 2.75) is 64.1 Å². The summed E-state index contributed by atoms with van der Waals surface area (Å²) in [6, 6.07) is 35.7. The molecule has 1 aliphatic heterocycles. The van der Waals surface area contributed by atoms with Crippen LogP contribution in [0.1, 0.15) is 29.2 Å². The van der Waals surface area contributed by atoms with Crippen LogP contribution in [0.3, 0.4) is 0 Å². The van der Waals surface area contributed by atoms with Gasteiger partial charge in [0.15, 0.2) is 12.5 Å². The molecule has 4 aromatic carbocycles. The molecule has 1 amide bonds. The second kappa shape index (κ2) is 17.4. The number of ether oxygens (including phenoxy) is 3. The van der Waals surface area contributed by atoms with E-state index in [0.717, 1.165) is 22.3 Å². The number of nitrogens with one attached hydrogen (secondary N) is 1. The van der Waals surface area contributed by atoms with E-state index in [4.69, 9.17) is 27.8 Å². The molecule has 47 heavy (non-hydrogen) atoms. The van der Waals surface area contributed by atoms with Crippen molar-refractivity contribution in [3.05, 3.63) is 144 Å².